The van der Waals surface area contributed by atoms with Crippen LogP contribution in [-0.4, -0.2) is 26.6 Å². The van der Waals surface area contributed by atoms with E-state index in [2.05, 4.69) is 20.3 Å². The molecule has 1 N–H and O–H groups in total. The lowest BCUT2D eigenvalue weighted by atomic mass is 10.3. The van der Waals surface area contributed by atoms with Crippen LogP contribution in [0.4, 0.5) is 9.52 Å². The SMILES string of the molecule is Cc1nc2ccccc2nc1SCC(=O)Nc1nc2ccc(F)cc2s1. The van der Waals surface area contributed by atoms with Crippen LogP contribution in [0.15, 0.2) is 47.5 Å². The first-order chi connectivity index (χ1) is 12.6. The second kappa shape index (κ2) is 6.97. The van der Waals surface area contributed by atoms with Gasteiger partial charge in [0.05, 0.1) is 32.7 Å². The smallest absolute Gasteiger partial charge is 0.236 e. The number of rotatable bonds is 4. The van der Waals surface area contributed by atoms with E-state index in [1.807, 2.05) is 31.2 Å². The Hall–Kier alpha value is -2.58. The summed E-state index contributed by atoms with van der Waals surface area (Å²) in [7, 11) is 0. The molecule has 0 aliphatic heterocycles. The summed E-state index contributed by atoms with van der Waals surface area (Å²) in [5.41, 5.74) is 3.09. The predicted octanol–water partition coefficient (Wildman–Crippen LogP) is 4.42. The van der Waals surface area contributed by atoms with Crippen LogP contribution < -0.4 is 5.32 Å². The molecule has 130 valence electrons. The van der Waals surface area contributed by atoms with E-state index < -0.39 is 0 Å². The summed E-state index contributed by atoms with van der Waals surface area (Å²) in [5, 5.41) is 3.94. The first-order valence-corrected chi connectivity index (χ1v) is 9.61. The van der Waals surface area contributed by atoms with Crippen LogP contribution in [0.5, 0.6) is 0 Å². The van der Waals surface area contributed by atoms with Gasteiger partial charge < -0.3 is 5.32 Å². The predicted molar refractivity (Wildman–Crippen MR) is 103 cm³/mol. The van der Waals surface area contributed by atoms with Crippen molar-refractivity contribution in [3.63, 3.8) is 0 Å². The molecule has 0 unspecified atom stereocenters. The number of aromatic nitrogens is 3. The maximum atomic E-state index is 13.2. The van der Waals surface area contributed by atoms with Gasteiger partial charge in [-0.05, 0) is 37.3 Å². The molecule has 2 heterocycles. The van der Waals surface area contributed by atoms with Crippen molar-refractivity contribution in [3.05, 3.63) is 54.0 Å². The minimum absolute atomic E-state index is 0.191. The minimum atomic E-state index is -0.320. The second-order valence-corrected chi connectivity index (χ2v) is 7.57. The Kier molecular flexibility index (Phi) is 4.52. The first-order valence-electron chi connectivity index (χ1n) is 7.80. The van der Waals surface area contributed by atoms with Gasteiger partial charge in [0.2, 0.25) is 5.91 Å². The van der Waals surface area contributed by atoms with Gasteiger partial charge in [0.1, 0.15) is 10.8 Å². The van der Waals surface area contributed by atoms with Gasteiger partial charge in [-0.1, -0.05) is 35.2 Å². The Balaban J connectivity index is 1.45. The molecule has 2 aromatic heterocycles. The summed E-state index contributed by atoms with van der Waals surface area (Å²) < 4.78 is 13.9. The fraction of sp³-hybridized carbons (Fsp3) is 0.111. The molecular formula is C18H13FN4OS2. The number of nitrogens with one attached hydrogen (secondary N) is 1. The van der Waals surface area contributed by atoms with Gasteiger partial charge in [-0.25, -0.2) is 19.3 Å². The Morgan fingerprint density at radius 1 is 1.12 bits per heavy atom. The highest BCUT2D eigenvalue weighted by molar-refractivity contribution is 8.00. The number of hydrogen-bond acceptors (Lipinski definition) is 6. The van der Waals surface area contributed by atoms with Crippen LogP contribution in [0.3, 0.4) is 0 Å². The van der Waals surface area contributed by atoms with Crippen LogP contribution in [0.2, 0.25) is 0 Å². The normalized spacial score (nSPS) is 11.2. The molecule has 1 amide bonds. The zero-order chi connectivity index (χ0) is 18.1. The van der Waals surface area contributed by atoms with Crippen LogP contribution in [-0.2, 0) is 4.79 Å². The fourth-order valence-corrected chi connectivity index (χ4v) is 4.11. The Morgan fingerprint density at radius 3 is 2.69 bits per heavy atom. The van der Waals surface area contributed by atoms with Crippen molar-refractivity contribution in [3.8, 4) is 0 Å². The van der Waals surface area contributed by atoms with E-state index >= 15 is 0 Å². The van der Waals surface area contributed by atoms with Crippen molar-refractivity contribution in [2.45, 2.75) is 11.9 Å². The highest BCUT2D eigenvalue weighted by Gasteiger charge is 2.11. The van der Waals surface area contributed by atoms with Crippen molar-refractivity contribution in [1.29, 1.82) is 0 Å². The highest BCUT2D eigenvalue weighted by atomic mass is 32.2. The molecule has 0 spiro atoms. The molecule has 26 heavy (non-hydrogen) atoms. The van der Waals surface area contributed by atoms with Gasteiger partial charge in [-0.15, -0.1) is 0 Å². The van der Waals surface area contributed by atoms with Crippen LogP contribution >= 0.6 is 23.1 Å². The molecule has 0 aliphatic carbocycles. The third-order valence-electron chi connectivity index (χ3n) is 3.64. The average Bonchev–Trinajstić information content (AvgIpc) is 3.01. The summed E-state index contributed by atoms with van der Waals surface area (Å²) in [6, 6.07) is 12.0. The van der Waals surface area contributed by atoms with Crippen molar-refractivity contribution < 1.29 is 9.18 Å². The number of thiazole rings is 1. The maximum Gasteiger partial charge on any atom is 0.236 e. The number of amides is 1. The van der Waals surface area contributed by atoms with Gasteiger partial charge >= 0.3 is 0 Å². The van der Waals surface area contributed by atoms with Crippen LogP contribution in [0, 0.1) is 12.7 Å². The molecule has 0 radical (unpaired) electrons. The molecule has 0 aliphatic rings. The molecule has 0 fully saturated rings. The van der Waals surface area contributed by atoms with Gasteiger partial charge in [-0.3, -0.25) is 4.79 Å². The number of benzene rings is 2. The van der Waals surface area contributed by atoms with E-state index in [0.29, 0.717) is 15.3 Å². The minimum Gasteiger partial charge on any atom is -0.301 e. The zero-order valence-electron chi connectivity index (χ0n) is 13.7. The van der Waals surface area contributed by atoms with Gasteiger partial charge in [-0.2, -0.15) is 0 Å². The highest BCUT2D eigenvalue weighted by Crippen LogP contribution is 2.27. The number of anilines is 1. The molecule has 4 rings (SSSR count). The summed E-state index contributed by atoms with van der Waals surface area (Å²) in [6.45, 7) is 1.88. The quantitative estimate of drug-likeness (QED) is 0.528. The van der Waals surface area contributed by atoms with E-state index in [0.717, 1.165) is 21.8 Å². The van der Waals surface area contributed by atoms with E-state index in [-0.39, 0.29) is 17.5 Å². The summed E-state index contributed by atoms with van der Waals surface area (Å²) in [5.74, 6) is -0.318. The number of aryl methyl sites for hydroxylation is 1. The number of fused-ring (bicyclic) bond motifs is 2. The van der Waals surface area contributed by atoms with E-state index in [4.69, 9.17) is 0 Å². The topological polar surface area (TPSA) is 67.8 Å². The standard InChI is InChI=1S/C18H13FN4OS2/c1-10-17(21-13-5-3-2-4-12(13)20-10)25-9-16(24)23-18-22-14-7-6-11(19)8-15(14)26-18/h2-8H,9H2,1H3,(H,22,23,24). The largest absolute Gasteiger partial charge is 0.301 e. The molecule has 4 aromatic rings. The second-order valence-electron chi connectivity index (χ2n) is 5.57. The molecular weight excluding hydrogens is 371 g/mol. The van der Waals surface area contributed by atoms with Crippen molar-refractivity contribution >= 4 is 55.4 Å². The van der Waals surface area contributed by atoms with Gasteiger partial charge in [0, 0.05) is 0 Å². The third-order valence-corrected chi connectivity index (χ3v) is 5.64. The fourth-order valence-electron chi connectivity index (χ4n) is 2.45. The molecule has 5 nitrogen and oxygen atoms in total. The monoisotopic (exact) mass is 384 g/mol. The van der Waals surface area contributed by atoms with Crippen molar-refractivity contribution in [2.24, 2.45) is 0 Å². The number of para-hydroxylation sites is 2. The number of halogens is 1. The maximum absolute atomic E-state index is 13.2. The first kappa shape index (κ1) is 16.9. The van der Waals surface area contributed by atoms with Crippen LogP contribution in [0.25, 0.3) is 21.3 Å². The van der Waals surface area contributed by atoms with E-state index in [1.165, 1.54) is 35.2 Å². The molecule has 0 saturated heterocycles. The molecule has 2 aromatic carbocycles. The van der Waals surface area contributed by atoms with Crippen LogP contribution in [0.1, 0.15) is 5.69 Å². The molecule has 0 bridgehead atoms. The lowest BCUT2D eigenvalue weighted by molar-refractivity contribution is -0.113. The molecule has 8 heteroatoms. The van der Waals surface area contributed by atoms with E-state index in [9.17, 15) is 9.18 Å². The lowest BCUT2D eigenvalue weighted by Gasteiger charge is -2.06. The third kappa shape index (κ3) is 3.51. The lowest BCUT2D eigenvalue weighted by Crippen LogP contribution is -2.14. The molecule has 0 saturated carbocycles. The number of thioether (sulfide) groups is 1. The average molecular weight is 384 g/mol. The zero-order valence-corrected chi connectivity index (χ0v) is 15.3. The summed E-state index contributed by atoms with van der Waals surface area (Å²) >= 11 is 2.58. The number of nitrogens with zero attached hydrogens (tertiary/aromatic N) is 3. The number of carbonyl (C=O) groups excluding carboxylic acids is 1. The number of carbonyl (C=O) groups is 1. The summed E-state index contributed by atoms with van der Waals surface area (Å²) in [6.07, 6.45) is 0. The van der Waals surface area contributed by atoms with Crippen molar-refractivity contribution in [1.82, 2.24) is 15.0 Å². The Morgan fingerprint density at radius 2 is 1.88 bits per heavy atom. The van der Waals surface area contributed by atoms with E-state index in [1.54, 1.807) is 6.07 Å². The Bertz CT molecular complexity index is 1130. The molecule has 0 atom stereocenters. The van der Waals surface area contributed by atoms with Crippen molar-refractivity contribution in [2.75, 3.05) is 11.1 Å². The van der Waals surface area contributed by atoms with Gasteiger partial charge in [0.25, 0.3) is 0 Å². The van der Waals surface area contributed by atoms with Gasteiger partial charge in [0.15, 0.2) is 5.13 Å². The summed E-state index contributed by atoms with van der Waals surface area (Å²) in [4.78, 5) is 25.6. The Labute approximate surface area is 156 Å². The number of hydrogen-bond donors (Lipinski definition) is 1.